The van der Waals surface area contributed by atoms with Crippen LogP contribution in [0.4, 0.5) is 0 Å². The summed E-state index contributed by atoms with van der Waals surface area (Å²) in [5.41, 5.74) is 0. The van der Waals surface area contributed by atoms with Gasteiger partial charge in [0.25, 0.3) is 0 Å². The molecule has 2 fully saturated rings. The maximum absolute atomic E-state index is 12.2. The fourth-order valence-corrected chi connectivity index (χ4v) is 4.49. The average molecular weight is 637 g/mol. The molecule has 44 heavy (non-hydrogen) atoms. The second kappa shape index (κ2) is 16.3. The van der Waals surface area contributed by atoms with Crippen LogP contribution in [0.2, 0.25) is 0 Å². The monoisotopic (exact) mass is 636 g/mol. The molecule has 18 nitrogen and oxygen atoms in total. The Morgan fingerprint density at radius 3 is 1.27 bits per heavy atom. The number of hydrogen-bond acceptors (Lipinski definition) is 18. The summed E-state index contributed by atoms with van der Waals surface area (Å²) in [7, 11) is 0. The highest BCUT2D eigenvalue weighted by molar-refractivity contribution is 5.69. The molecule has 0 saturated carbocycles. The summed E-state index contributed by atoms with van der Waals surface area (Å²) in [6.45, 7) is 6.11. The zero-order valence-corrected chi connectivity index (χ0v) is 25.1. The molecule has 18 heteroatoms. The van der Waals surface area contributed by atoms with Gasteiger partial charge >= 0.3 is 41.8 Å². The van der Waals surface area contributed by atoms with Crippen molar-refractivity contribution >= 4 is 41.8 Å². The zero-order chi connectivity index (χ0) is 33.3. The molecule has 1 unspecified atom stereocenters. The first-order valence-corrected chi connectivity index (χ1v) is 13.3. The maximum Gasteiger partial charge on any atom is 0.303 e. The fourth-order valence-electron chi connectivity index (χ4n) is 4.49. The highest BCUT2D eigenvalue weighted by Gasteiger charge is 2.57. The number of carbonyl (C=O) groups is 7. The summed E-state index contributed by atoms with van der Waals surface area (Å²) >= 11 is 0. The van der Waals surface area contributed by atoms with Crippen LogP contribution in [0.5, 0.6) is 0 Å². The molecule has 2 rings (SSSR count). The molecule has 0 bridgehead atoms. The summed E-state index contributed by atoms with van der Waals surface area (Å²) in [5, 5.41) is 10.6. The molecule has 0 spiro atoms. The van der Waals surface area contributed by atoms with Crippen LogP contribution in [-0.4, -0.2) is 122 Å². The van der Waals surface area contributed by atoms with Crippen LogP contribution in [0.15, 0.2) is 0 Å². The van der Waals surface area contributed by atoms with E-state index in [-0.39, 0.29) is 0 Å². The third-order valence-electron chi connectivity index (χ3n) is 5.90. The van der Waals surface area contributed by atoms with E-state index in [0.29, 0.717) is 0 Å². The van der Waals surface area contributed by atoms with Gasteiger partial charge in [-0.3, -0.25) is 33.6 Å². The Bertz CT molecular complexity index is 1090. The van der Waals surface area contributed by atoms with Gasteiger partial charge in [0.15, 0.2) is 43.1 Å². The fraction of sp³-hybridized carbons (Fsp3) is 0.731. The Kier molecular flexibility index (Phi) is 13.4. The SMILES string of the molecule is CC(=O)OC[C@H]1O[C@@H](O[C@H]2[C@H](OC(C)=O)[C@@H](OC(C)=O)C(O)O[C@@H]2COC(C)=O)[C@@H](OC(C)=O)[C@@H](OC(C)=O)[C@@H]1OC(C)=O. The summed E-state index contributed by atoms with van der Waals surface area (Å²) in [4.78, 5) is 83.5. The van der Waals surface area contributed by atoms with Crippen LogP contribution in [0.25, 0.3) is 0 Å². The first kappa shape index (κ1) is 36.3. The lowest BCUT2D eigenvalue weighted by atomic mass is 9.96. The van der Waals surface area contributed by atoms with Gasteiger partial charge in [-0.1, -0.05) is 0 Å². The molecule has 0 aromatic rings. The Labute approximate surface area is 251 Å². The van der Waals surface area contributed by atoms with Gasteiger partial charge < -0.3 is 52.5 Å². The maximum atomic E-state index is 12.2. The second-order valence-electron chi connectivity index (χ2n) is 9.68. The average Bonchev–Trinajstić information content (AvgIpc) is 2.87. The largest absolute Gasteiger partial charge is 0.463 e. The zero-order valence-electron chi connectivity index (χ0n) is 25.1. The van der Waals surface area contributed by atoms with Crippen molar-refractivity contribution in [3.8, 4) is 0 Å². The molecular weight excluding hydrogens is 600 g/mol. The van der Waals surface area contributed by atoms with Gasteiger partial charge in [0.2, 0.25) is 0 Å². The van der Waals surface area contributed by atoms with E-state index in [9.17, 15) is 38.7 Å². The lowest BCUT2D eigenvalue weighted by molar-refractivity contribution is -0.357. The van der Waals surface area contributed by atoms with E-state index in [1.165, 1.54) is 0 Å². The first-order valence-electron chi connectivity index (χ1n) is 13.3. The minimum atomic E-state index is -1.90. The molecule has 1 N–H and O–H groups in total. The molecular formula is C26H36O18. The summed E-state index contributed by atoms with van der Waals surface area (Å²) in [6.07, 6.45) is -16.3. The van der Waals surface area contributed by atoms with E-state index in [1.807, 2.05) is 0 Å². The molecule has 2 aliphatic heterocycles. The normalized spacial score (nSPS) is 31.5. The molecule has 0 amide bonds. The van der Waals surface area contributed by atoms with Crippen LogP contribution in [0.3, 0.4) is 0 Å². The van der Waals surface area contributed by atoms with Gasteiger partial charge in [-0.25, -0.2) is 0 Å². The van der Waals surface area contributed by atoms with Gasteiger partial charge in [-0.15, -0.1) is 0 Å². The Morgan fingerprint density at radius 1 is 0.477 bits per heavy atom. The predicted molar refractivity (Wildman–Crippen MR) is 135 cm³/mol. The van der Waals surface area contributed by atoms with Crippen LogP contribution in [0, 0.1) is 0 Å². The molecule has 2 heterocycles. The van der Waals surface area contributed by atoms with Crippen molar-refractivity contribution in [1.29, 1.82) is 0 Å². The first-order chi connectivity index (χ1) is 20.5. The van der Waals surface area contributed by atoms with Gasteiger partial charge in [0.05, 0.1) is 0 Å². The van der Waals surface area contributed by atoms with Crippen LogP contribution in [-0.2, 0) is 80.9 Å². The van der Waals surface area contributed by atoms with Crippen LogP contribution in [0.1, 0.15) is 48.5 Å². The van der Waals surface area contributed by atoms with Crippen LogP contribution < -0.4 is 0 Å². The van der Waals surface area contributed by atoms with E-state index in [2.05, 4.69) is 0 Å². The van der Waals surface area contributed by atoms with Crippen molar-refractivity contribution < 1.29 is 86.0 Å². The number of carbonyl (C=O) groups excluding carboxylic acids is 7. The van der Waals surface area contributed by atoms with E-state index in [1.54, 1.807) is 0 Å². The summed E-state index contributed by atoms with van der Waals surface area (Å²) < 4.78 is 54.1. The number of aliphatic hydroxyl groups is 1. The third kappa shape index (κ3) is 10.7. The molecule has 2 saturated heterocycles. The quantitative estimate of drug-likeness (QED) is 0.203. The number of aliphatic hydroxyl groups excluding tert-OH is 1. The molecule has 248 valence electrons. The summed E-state index contributed by atoms with van der Waals surface area (Å²) in [6, 6.07) is 0. The molecule has 2 aliphatic rings. The Morgan fingerprint density at radius 2 is 0.841 bits per heavy atom. The molecule has 0 aliphatic carbocycles. The lowest BCUT2D eigenvalue weighted by Gasteiger charge is -2.48. The van der Waals surface area contributed by atoms with Crippen molar-refractivity contribution in [2.75, 3.05) is 13.2 Å². The van der Waals surface area contributed by atoms with Crippen molar-refractivity contribution in [2.24, 2.45) is 0 Å². The highest BCUT2D eigenvalue weighted by Crippen LogP contribution is 2.34. The second-order valence-corrected chi connectivity index (χ2v) is 9.68. The van der Waals surface area contributed by atoms with E-state index >= 15 is 0 Å². The summed E-state index contributed by atoms with van der Waals surface area (Å²) in [5.74, 6) is -6.03. The molecule has 0 radical (unpaired) electrons. The third-order valence-corrected chi connectivity index (χ3v) is 5.90. The Hall–Kier alpha value is -3.87. The van der Waals surface area contributed by atoms with E-state index < -0.39 is 116 Å². The van der Waals surface area contributed by atoms with Crippen LogP contribution >= 0.6 is 0 Å². The minimum Gasteiger partial charge on any atom is -0.463 e. The highest BCUT2D eigenvalue weighted by atomic mass is 16.8. The number of hydrogen-bond donors (Lipinski definition) is 1. The van der Waals surface area contributed by atoms with Crippen molar-refractivity contribution in [2.45, 2.75) is 110 Å². The standard InChI is InChI=1S/C26H36O18/c1-10(27)35-8-17-20(21(38-13(4)30)23(25(34)42-17)40-15(6)32)44-26-24(41-16(7)33)22(39-14(5)31)19(37-12(3)29)18(43-26)9-36-11(2)28/h17-26,34H,8-9H2,1-7H3/t17-,18-,19-,20-,21+,22+,23-,24+,25?,26+/m1/s1. The molecule has 0 aromatic carbocycles. The molecule has 0 aromatic heterocycles. The minimum absolute atomic E-state index is 0.572. The van der Waals surface area contributed by atoms with Gasteiger partial charge in [-0.05, 0) is 0 Å². The number of rotatable bonds is 11. The van der Waals surface area contributed by atoms with Crippen molar-refractivity contribution in [1.82, 2.24) is 0 Å². The van der Waals surface area contributed by atoms with Crippen molar-refractivity contribution in [3.05, 3.63) is 0 Å². The topological polar surface area (TPSA) is 232 Å². The van der Waals surface area contributed by atoms with Gasteiger partial charge in [0.1, 0.15) is 31.5 Å². The van der Waals surface area contributed by atoms with Gasteiger partial charge in [0, 0.05) is 48.5 Å². The predicted octanol–water partition coefficient (Wildman–Crippen LogP) is -1.40. The van der Waals surface area contributed by atoms with E-state index in [0.717, 1.165) is 48.5 Å². The van der Waals surface area contributed by atoms with Gasteiger partial charge in [-0.2, -0.15) is 0 Å². The Balaban J connectivity index is 2.66. The lowest BCUT2D eigenvalue weighted by Crippen LogP contribution is -2.67. The van der Waals surface area contributed by atoms with E-state index in [4.69, 9.17) is 47.4 Å². The smallest absolute Gasteiger partial charge is 0.303 e. The molecule has 10 atom stereocenters. The number of ether oxygens (including phenoxy) is 10. The van der Waals surface area contributed by atoms with Crippen molar-refractivity contribution in [3.63, 3.8) is 0 Å². The number of esters is 7.